The minimum absolute atomic E-state index is 0.305. The van der Waals surface area contributed by atoms with Gasteiger partial charge in [-0.2, -0.15) is 0 Å². The molecule has 3 nitrogen and oxygen atoms in total. The van der Waals surface area contributed by atoms with Crippen molar-refractivity contribution >= 4 is 17.3 Å². The number of hydrogen-bond acceptors (Lipinski definition) is 3. The van der Waals surface area contributed by atoms with Crippen LogP contribution in [-0.4, -0.2) is 16.1 Å². The molecule has 2 rings (SSSR count). The van der Waals surface area contributed by atoms with Gasteiger partial charge in [0.15, 0.2) is 0 Å². The molecule has 0 unspecified atom stereocenters. The molecule has 0 aliphatic heterocycles. The molecule has 0 aliphatic rings. The van der Waals surface area contributed by atoms with E-state index in [1.165, 1.54) is 0 Å². The predicted octanol–water partition coefficient (Wildman–Crippen LogP) is 3.07. The summed E-state index contributed by atoms with van der Waals surface area (Å²) < 4.78 is 0. The summed E-state index contributed by atoms with van der Waals surface area (Å²) in [5, 5.41) is 9.84. The van der Waals surface area contributed by atoms with E-state index in [9.17, 15) is 4.79 Å². The Morgan fingerprint density at radius 2 is 2.19 bits per heavy atom. The van der Waals surface area contributed by atoms with E-state index in [0.717, 1.165) is 16.3 Å². The van der Waals surface area contributed by atoms with E-state index >= 15 is 0 Å². The van der Waals surface area contributed by atoms with Crippen LogP contribution in [0.15, 0.2) is 30.5 Å². The second-order valence-electron chi connectivity index (χ2n) is 3.34. The van der Waals surface area contributed by atoms with Gasteiger partial charge in [0, 0.05) is 16.6 Å². The molecule has 1 aromatic carbocycles. The molecule has 0 fully saturated rings. The smallest absolute Gasteiger partial charge is 0.336 e. The maximum absolute atomic E-state index is 11.0. The van der Waals surface area contributed by atoms with Crippen LogP contribution in [0.3, 0.4) is 0 Å². The van der Waals surface area contributed by atoms with E-state index in [0.29, 0.717) is 11.1 Å². The van der Waals surface area contributed by atoms with Crippen molar-refractivity contribution in [2.24, 2.45) is 0 Å². The standard InChI is InChI=1S/C12H11NO2S/c1-2-8-7-13-11(16-8)9-5-3-4-6-10(9)12(14)15/h3-7H,2H2,1H3,(H,14,15). The van der Waals surface area contributed by atoms with Crippen molar-refractivity contribution in [1.82, 2.24) is 4.98 Å². The number of thiazole rings is 1. The normalized spacial score (nSPS) is 10.3. The van der Waals surface area contributed by atoms with E-state index in [2.05, 4.69) is 11.9 Å². The van der Waals surface area contributed by atoms with Gasteiger partial charge in [0.05, 0.1) is 5.56 Å². The van der Waals surface area contributed by atoms with E-state index in [-0.39, 0.29) is 0 Å². The quantitative estimate of drug-likeness (QED) is 0.886. The van der Waals surface area contributed by atoms with Gasteiger partial charge in [-0.1, -0.05) is 25.1 Å². The Kier molecular flexibility index (Phi) is 3.01. The van der Waals surface area contributed by atoms with Gasteiger partial charge in [-0.3, -0.25) is 0 Å². The highest BCUT2D eigenvalue weighted by Crippen LogP contribution is 2.28. The van der Waals surface area contributed by atoms with Gasteiger partial charge in [0.1, 0.15) is 5.01 Å². The molecule has 1 N–H and O–H groups in total. The van der Waals surface area contributed by atoms with Gasteiger partial charge >= 0.3 is 5.97 Å². The number of carboxylic acid groups (broad SMARTS) is 1. The molecule has 1 heterocycles. The maximum Gasteiger partial charge on any atom is 0.336 e. The van der Waals surface area contributed by atoms with Crippen LogP contribution in [0.2, 0.25) is 0 Å². The molecule has 82 valence electrons. The van der Waals surface area contributed by atoms with Crippen LogP contribution in [0.5, 0.6) is 0 Å². The number of carbonyl (C=O) groups is 1. The van der Waals surface area contributed by atoms with E-state index in [1.807, 2.05) is 6.07 Å². The lowest BCUT2D eigenvalue weighted by Crippen LogP contribution is -1.98. The van der Waals surface area contributed by atoms with Crippen LogP contribution >= 0.6 is 11.3 Å². The summed E-state index contributed by atoms with van der Waals surface area (Å²) in [5.41, 5.74) is 0.999. The number of aryl methyl sites for hydroxylation is 1. The molecular weight excluding hydrogens is 222 g/mol. The zero-order chi connectivity index (χ0) is 11.5. The highest BCUT2D eigenvalue weighted by molar-refractivity contribution is 7.15. The molecule has 0 bridgehead atoms. The van der Waals surface area contributed by atoms with Crippen molar-refractivity contribution in [2.45, 2.75) is 13.3 Å². The Bertz CT molecular complexity index is 519. The van der Waals surface area contributed by atoms with Crippen LogP contribution in [-0.2, 0) is 6.42 Å². The van der Waals surface area contributed by atoms with Crippen LogP contribution in [0.1, 0.15) is 22.2 Å². The van der Waals surface area contributed by atoms with Crippen LogP contribution in [0.4, 0.5) is 0 Å². The molecule has 0 saturated heterocycles. The van der Waals surface area contributed by atoms with Crippen molar-refractivity contribution in [3.8, 4) is 10.6 Å². The van der Waals surface area contributed by atoms with Crippen molar-refractivity contribution in [3.63, 3.8) is 0 Å². The summed E-state index contributed by atoms with van der Waals surface area (Å²) in [6, 6.07) is 6.95. The van der Waals surface area contributed by atoms with E-state index in [1.54, 1.807) is 35.7 Å². The highest BCUT2D eigenvalue weighted by Gasteiger charge is 2.13. The number of carboxylic acids is 1. The highest BCUT2D eigenvalue weighted by atomic mass is 32.1. The summed E-state index contributed by atoms with van der Waals surface area (Å²) in [6.07, 6.45) is 2.73. The number of rotatable bonds is 3. The number of hydrogen-bond donors (Lipinski definition) is 1. The third-order valence-electron chi connectivity index (χ3n) is 2.29. The lowest BCUT2D eigenvalue weighted by Gasteiger charge is -2.01. The molecule has 16 heavy (non-hydrogen) atoms. The zero-order valence-electron chi connectivity index (χ0n) is 8.80. The zero-order valence-corrected chi connectivity index (χ0v) is 9.62. The summed E-state index contributed by atoms with van der Waals surface area (Å²) in [4.78, 5) is 16.5. The predicted molar refractivity (Wildman–Crippen MR) is 63.9 cm³/mol. The first-order chi connectivity index (χ1) is 7.72. The topological polar surface area (TPSA) is 50.2 Å². The van der Waals surface area contributed by atoms with Crippen molar-refractivity contribution in [1.29, 1.82) is 0 Å². The third-order valence-corrected chi connectivity index (χ3v) is 3.46. The third kappa shape index (κ3) is 1.97. The number of aromatic nitrogens is 1. The molecule has 0 saturated carbocycles. The fraction of sp³-hybridized carbons (Fsp3) is 0.167. The molecule has 0 radical (unpaired) electrons. The lowest BCUT2D eigenvalue weighted by atomic mass is 10.1. The fourth-order valence-corrected chi connectivity index (χ4v) is 2.34. The number of nitrogens with zero attached hydrogens (tertiary/aromatic N) is 1. The van der Waals surface area contributed by atoms with Gasteiger partial charge < -0.3 is 5.11 Å². The summed E-state index contributed by atoms with van der Waals surface area (Å²) in [7, 11) is 0. The van der Waals surface area contributed by atoms with Gasteiger partial charge in [-0.15, -0.1) is 11.3 Å². The molecule has 0 atom stereocenters. The van der Waals surface area contributed by atoms with Crippen molar-refractivity contribution in [2.75, 3.05) is 0 Å². The Morgan fingerprint density at radius 1 is 1.44 bits per heavy atom. The molecule has 2 aromatic rings. The second-order valence-corrected chi connectivity index (χ2v) is 4.45. The van der Waals surface area contributed by atoms with Crippen LogP contribution < -0.4 is 0 Å². The number of benzene rings is 1. The SMILES string of the molecule is CCc1cnc(-c2ccccc2C(=O)O)s1. The van der Waals surface area contributed by atoms with Crippen LogP contribution in [0, 0.1) is 0 Å². The molecule has 0 aliphatic carbocycles. The van der Waals surface area contributed by atoms with Crippen molar-refractivity contribution in [3.05, 3.63) is 40.9 Å². The minimum Gasteiger partial charge on any atom is -0.478 e. The van der Waals surface area contributed by atoms with Gasteiger partial charge in [-0.05, 0) is 12.5 Å². The van der Waals surface area contributed by atoms with E-state index in [4.69, 9.17) is 5.11 Å². The van der Waals surface area contributed by atoms with Gasteiger partial charge in [0.25, 0.3) is 0 Å². The first-order valence-corrected chi connectivity index (χ1v) is 5.81. The van der Waals surface area contributed by atoms with Crippen LogP contribution in [0.25, 0.3) is 10.6 Å². The molecular formula is C12H11NO2S. The lowest BCUT2D eigenvalue weighted by molar-refractivity contribution is 0.0697. The summed E-state index contributed by atoms with van der Waals surface area (Å²) in [6.45, 7) is 2.06. The van der Waals surface area contributed by atoms with Crippen molar-refractivity contribution < 1.29 is 9.90 Å². The van der Waals surface area contributed by atoms with Gasteiger partial charge in [0.2, 0.25) is 0 Å². The second kappa shape index (κ2) is 4.45. The molecule has 0 spiro atoms. The first kappa shape index (κ1) is 10.8. The van der Waals surface area contributed by atoms with E-state index < -0.39 is 5.97 Å². The first-order valence-electron chi connectivity index (χ1n) is 4.99. The molecule has 0 amide bonds. The van der Waals surface area contributed by atoms with Gasteiger partial charge in [-0.25, -0.2) is 9.78 Å². The number of aromatic carboxylic acids is 1. The molecule has 1 aromatic heterocycles. The Labute approximate surface area is 97.4 Å². The fourth-order valence-electron chi connectivity index (χ4n) is 1.45. The average Bonchev–Trinajstić information content (AvgIpc) is 2.77. The Morgan fingerprint density at radius 3 is 2.81 bits per heavy atom. The molecule has 4 heteroatoms. The largest absolute Gasteiger partial charge is 0.478 e. The minimum atomic E-state index is -0.913. The summed E-state index contributed by atoms with van der Waals surface area (Å²) >= 11 is 1.54. The summed E-state index contributed by atoms with van der Waals surface area (Å²) in [5.74, 6) is -0.913. The Hall–Kier alpha value is -1.68. The Balaban J connectivity index is 2.50. The average molecular weight is 233 g/mol. The maximum atomic E-state index is 11.0. The monoisotopic (exact) mass is 233 g/mol.